The molecule has 1 unspecified atom stereocenters. The van der Waals surface area contributed by atoms with Gasteiger partial charge in [0.15, 0.2) is 11.7 Å². The minimum atomic E-state index is -1.51. The number of carbonyl (C=O) groups is 4. The van der Waals surface area contributed by atoms with E-state index in [1.165, 1.54) is 4.90 Å². The number of aliphatic carboxylic acids is 1. The number of carboxylic acid groups (broad SMARTS) is 1. The summed E-state index contributed by atoms with van der Waals surface area (Å²) in [5.74, 6) is -4.12. The Morgan fingerprint density at radius 2 is 1.87 bits per heavy atom. The predicted molar refractivity (Wildman–Crippen MR) is 111 cm³/mol. The van der Waals surface area contributed by atoms with E-state index in [2.05, 4.69) is 5.32 Å². The molecular weight excluding hydrogens is 424 g/mol. The molecule has 0 aliphatic carbocycles. The molecule has 2 N–H and O–H groups in total. The molecule has 8 nitrogen and oxygen atoms in total. The Morgan fingerprint density at radius 3 is 2.55 bits per heavy atom. The molecule has 162 valence electrons. The minimum Gasteiger partial charge on any atom is -0.489 e. The molecule has 0 saturated carbocycles. The molecule has 1 saturated heterocycles. The number of hydrogen-bond acceptors (Lipinski definition) is 5. The molecule has 0 radical (unpaired) electrons. The first kappa shape index (κ1) is 22.3. The summed E-state index contributed by atoms with van der Waals surface area (Å²) in [5.41, 5.74) is 1.75. The van der Waals surface area contributed by atoms with Crippen molar-refractivity contribution in [2.75, 3.05) is 13.1 Å². The number of halogens is 1. The van der Waals surface area contributed by atoms with Gasteiger partial charge in [0.2, 0.25) is 11.8 Å². The van der Waals surface area contributed by atoms with Crippen molar-refractivity contribution in [3.63, 3.8) is 0 Å². The highest BCUT2D eigenvalue weighted by Crippen LogP contribution is 2.20. The van der Waals surface area contributed by atoms with Gasteiger partial charge in [-0.1, -0.05) is 35.9 Å². The van der Waals surface area contributed by atoms with Crippen LogP contribution in [0.5, 0.6) is 5.75 Å². The number of nitrogens with zero attached hydrogens (tertiary/aromatic N) is 1. The predicted octanol–water partition coefficient (Wildman–Crippen LogP) is 2.04. The summed E-state index contributed by atoms with van der Waals surface area (Å²) in [6, 6.07) is 14.5. The molecule has 0 aromatic heterocycles. The first-order valence-electron chi connectivity index (χ1n) is 9.60. The number of carboxylic acids is 1. The standard InChI is InChI=1S/C22H21ClN2O6/c23-16-3-1-2-15(10-16)13-31-17-6-4-14(5-7-17)12-25-9-8-18(26)20(22(25)30)21(29)24-11-19(27)28/h1-7,10,20H,8-9,11-13H2,(H,24,29)(H,27,28). The van der Waals surface area contributed by atoms with Crippen LogP contribution in [0.4, 0.5) is 0 Å². The summed E-state index contributed by atoms with van der Waals surface area (Å²) in [7, 11) is 0. The van der Waals surface area contributed by atoms with Gasteiger partial charge in [0.25, 0.3) is 0 Å². The maximum atomic E-state index is 12.6. The van der Waals surface area contributed by atoms with Crippen molar-refractivity contribution in [1.82, 2.24) is 10.2 Å². The second-order valence-corrected chi connectivity index (χ2v) is 7.52. The Hall–Kier alpha value is -3.39. The summed E-state index contributed by atoms with van der Waals surface area (Å²) < 4.78 is 5.74. The number of Topliss-reactive ketones (excluding diaryl/α,β-unsaturated/α-hetero) is 1. The van der Waals surface area contributed by atoms with Gasteiger partial charge in [0.05, 0.1) is 0 Å². The van der Waals surface area contributed by atoms with Crippen LogP contribution in [0.25, 0.3) is 0 Å². The first-order chi connectivity index (χ1) is 14.8. The van der Waals surface area contributed by atoms with E-state index in [9.17, 15) is 19.2 Å². The SMILES string of the molecule is O=C(O)CNC(=O)C1C(=O)CCN(Cc2ccc(OCc3cccc(Cl)c3)cc2)C1=O. The highest BCUT2D eigenvalue weighted by molar-refractivity contribution is 6.30. The molecule has 3 rings (SSSR count). The maximum Gasteiger partial charge on any atom is 0.322 e. The van der Waals surface area contributed by atoms with Crippen molar-refractivity contribution in [3.8, 4) is 5.75 Å². The molecule has 0 spiro atoms. The van der Waals surface area contributed by atoms with Crippen molar-refractivity contribution in [3.05, 3.63) is 64.7 Å². The van der Waals surface area contributed by atoms with Crippen LogP contribution in [0, 0.1) is 5.92 Å². The summed E-state index contributed by atoms with van der Waals surface area (Å²) in [6.07, 6.45) is 0.0394. The number of carbonyl (C=O) groups excluding carboxylic acids is 3. The van der Waals surface area contributed by atoms with Crippen molar-refractivity contribution >= 4 is 35.2 Å². The molecule has 1 heterocycles. The number of ketones is 1. The van der Waals surface area contributed by atoms with Crippen molar-refractivity contribution in [2.24, 2.45) is 5.92 Å². The van der Waals surface area contributed by atoms with Gasteiger partial charge in [-0.25, -0.2) is 0 Å². The lowest BCUT2D eigenvalue weighted by Gasteiger charge is -2.30. The first-order valence-corrected chi connectivity index (χ1v) is 9.98. The molecule has 0 bridgehead atoms. The topological polar surface area (TPSA) is 113 Å². The van der Waals surface area contributed by atoms with Crippen LogP contribution >= 0.6 is 11.6 Å². The van der Waals surface area contributed by atoms with Gasteiger partial charge in [-0.2, -0.15) is 0 Å². The quantitative estimate of drug-likeness (QED) is 0.602. The van der Waals surface area contributed by atoms with E-state index in [1.807, 2.05) is 18.2 Å². The molecule has 31 heavy (non-hydrogen) atoms. The van der Waals surface area contributed by atoms with Gasteiger partial charge in [-0.05, 0) is 35.4 Å². The number of ether oxygens (including phenoxy) is 1. The minimum absolute atomic E-state index is 0.0394. The van der Waals surface area contributed by atoms with Crippen LogP contribution in [0.1, 0.15) is 17.5 Å². The van der Waals surface area contributed by atoms with Gasteiger partial charge in [0, 0.05) is 24.5 Å². The van der Waals surface area contributed by atoms with Gasteiger partial charge in [-0.3, -0.25) is 19.2 Å². The zero-order valence-corrected chi connectivity index (χ0v) is 17.3. The average molecular weight is 445 g/mol. The third-order valence-corrected chi connectivity index (χ3v) is 5.01. The Labute approximate surface area is 183 Å². The largest absolute Gasteiger partial charge is 0.489 e. The van der Waals surface area contributed by atoms with Crippen molar-refractivity contribution < 1.29 is 29.0 Å². The fraction of sp³-hybridized carbons (Fsp3) is 0.273. The molecule has 2 aromatic carbocycles. The molecule has 1 aliphatic rings. The van der Waals surface area contributed by atoms with Crippen LogP contribution < -0.4 is 10.1 Å². The number of hydrogen-bond donors (Lipinski definition) is 2. The smallest absolute Gasteiger partial charge is 0.322 e. The molecule has 9 heteroatoms. The lowest BCUT2D eigenvalue weighted by Crippen LogP contribution is -2.52. The van der Waals surface area contributed by atoms with E-state index in [-0.39, 0.29) is 19.5 Å². The zero-order valence-electron chi connectivity index (χ0n) is 16.5. The fourth-order valence-corrected chi connectivity index (χ4v) is 3.42. The summed E-state index contributed by atoms with van der Waals surface area (Å²) in [4.78, 5) is 48.9. The van der Waals surface area contributed by atoms with Crippen molar-refractivity contribution in [2.45, 2.75) is 19.6 Å². The number of rotatable bonds is 8. The van der Waals surface area contributed by atoms with Gasteiger partial charge in [0.1, 0.15) is 18.9 Å². The van der Waals surface area contributed by atoms with Crippen LogP contribution in [0.2, 0.25) is 5.02 Å². The number of amides is 2. The maximum absolute atomic E-state index is 12.6. The lowest BCUT2D eigenvalue weighted by atomic mass is 9.94. The normalized spacial score (nSPS) is 16.2. The number of benzene rings is 2. The van der Waals surface area contributed by atoms with Crippen LogP contribution in [-0.2, 0) is 32.3 Å². The van der Waals surface area contributed by atoms with Gasteiger partial charge in [-0.15, -0.1) is 0 Å². The molecular formula is C22H21ClN2O6. The van der Waals surface area contributed by atoms with E-state index in [4.69, 9.17) is 21.4 Å². The second kappa shape index (κ2) is 10.1. The monoisotopic (exact) mass is 444 g/mol. The van der Waals surface area contributed by atoms with Crippen LogP contribution in [0.3, 0.4) is 0 Å². The van der Waals surface area contributed by atoms with E-state index < -0.39 is 36.0 Å². The molecule has 1 aliphatic heterocycles. The fourth-order valence-electron chi connectivity index (χ4n) is 3.20. The lowest BCUT2D eigenvalue weighted by molar-refractivity contribution is -0.152. The highest BCUT2D eigenvalue weighted by atomic mass is 35.5. The van der Waals surface area contributed by atoms with Crippen molar-refractivity contribution in [1.29, 1.82) is 0 Å². The van der Waals surface area contributed by atoms with Gasteiger partial charge < -0.3 is 20.1 Å². The molecule has 1 atom stereocenters. The Bertz CT molecular complexity index is 992. The summed E-state index contributed by atoms with van der Waals surface area (Å²) >= 11 is 5.96. The van der Waals surface area contributed by atoms with E-state index in [1.54, 1.807) is 30.3 Å². The van der Waals surface area contributed by atoms with E-state index in [0.717, 1.165) is 11.1 Å². The second-order valence-electron chi connectivity index (χ2n) is 7.08. The molecule has 2 amide bonds. The van der Waals surface area contributed by atoms with E-state index in [0.29, 0.717) is 17.4 Å². The number of likely N-dealkylation sites (tertiary alicyclic amines) is 1. The van der Waals surface area contributed by atoms with Crippen LogP contribution in [0.15, 0.2) is 48.5 Å². The summed E-state index contributed by atoms with van der Waals surface area (Å²) in [6.45, 7) is 0.142. The number of nitrogens with one attached hydrogen (secondary N) is 1. The Morgan fingerprint density at radius 1 is 1.13 bits per heavy atom. The summed E-state index contributed by atoms with van der Waals surface area (Å²) in [5, 5.41) is 11.4. The van der Waals surface area contributed by atoms with Crippen LogP contribution in [-0.4, -0.2) is 46.7 Å². The Balaban J connectivity index is 1.58. The highest BCUT2D eigenvalue weighted by Gasteiger charge is 2.40. The Kier molecular flexibility index (Phi) is 7.25. The third-order valence-electron chi connectivity index (χ3n) is 4.78. The average Bonchev–Trinajstić information content (AvgIpc) is 2.74. The van der Waals surface area contributed by atoms with Gasteiger partial charge >= 0.3 is 5.97 Å². The van der Waals surface area contributed by atoms with E-state index >= 15 is 0 Å². The molecule has 1 fully saturated rings. The molecule has 2 aromatic rings. The zero-order chi connectivity index (χ0) is 22.4. The number of piperidine rings is 1. The third kappa shape index (κ3) is 6.05.